The maximum absolute atomic E-state index is 11.3. The lowest BCUT2D eigenvalue weighted by Crippen LogP contribution is -2.13. The molecule has 0 aliphatic heterocycles. The van der Waals surface area contributed by atoms with Crippen molar-refractivity contribution in [2.75, 3.05) is 33.1 Å². The Kier molecular flexibility index (Phi) is 24.4. The predicted octanol–water partition coefficient (Wildman–Crippen LogP) is 8.20. The van der Waals surface area contributed by atoms with E-state index in [1.165, 1.54) is 95.0 Å². The summed E-state index contributed by atoms with van der Waals surface area (Å²) in [5.41, 5.74) is 0. The molecule has 0 amide bonds. The Morgan fingerprint density at radius 1 is 0.630 bits per heavy atom. The molecule has 0 radical (unpaired) electrons. The third-order valence-electron chi connectivity index (χ3n) is 4.89. The van der Waals surface area contributed by atoms with Gasteiger partial charge in [0.2, 0.25) is 0 Å². The zero-order chi connectivity index (χ0) is 20.8. The van der Waals surface area contributed by atoms with Crippen molar-refractivity contribution in [3.8, 4) is 0 Å². The van der Waals surface area contributed by atoms with Crippen LogP contribution in [0.25, 0.3) is 0 Å². The first kappa shape index (κ1) is 29.4. The van der Waals surface area contributed by atoms with Crippen LogP contribution in [0, 0.1) is 0 Å². The van der Waals surface area contributed by atoms with E-state index in [1.807, 2.05) is 13.3 Å². The van der Waals surface area contributed by atoms with E-state index < -0.39 is 7.14 Å². The second-order valence-corrected chi connectivity index (χ2v) is 12.2. The number of hydroxylamine groups is 2. The van der Waals surface area contributed by atoms with E-state index in [0.717, 1.165) is 25.5 Å². The molecule has 3 nitrogen and oxygen atoms in total. The van der Waals surface area contributed by atoms with Crippen molar-refractivity contribution in [3.63, 3.8) is 0 Å². The van der Waals surface area contributed by atoms with Crippen LogP contribution in [0.3, 0.4) is 0 Å². The molecule has 0 rings (SSSR count). The molecule has 0 aliphatic rings. The summed E-state index contributed by atoms with van der Waals surface area (Å²) in [6.07, 6.45) is 22.2. The van der Waals surface area contributed by atoms with E-state index in [4.69, 9.17) is 5.21 Å². The van der Waals surface area contributed by atoms with Crippen LogP contribution >= 0.6 is 7.14 Å². The lowest BCUT2D eigenvalue weighted by Gasteiger charge is -2.06. The average Bonchev–Trinajstić information content (AvgIpc) is 2.59. The van der Waals surface area contributed by atoms with Gasteiger partial charge in [-0.15, -0.1) is 0 Å². The van der Waals surface area contributed by atoms with Gasteiger partial charge in [-0.25, -0.2) is 0 Å². The van der Waals surface area contributed by atoms with Gasteiger partial charge in [0.05, 0.1) is 7.14 Å². The Labute approximate surface area is 172 Å². The minimum Gasteiger partial charge on any atom is -0.324 e. The highest BCUT2D eigenvalue weighted by Crippen LogP contribution is 2.36. The monoisotopic (exact) mass is 405 g/mol. The van der Waals surface area contributed by atoms with Crippen molar-refractivity contribution in [2.24, 2.45) is 0 Å². The van der Waals surface area contributed by atoms with Gasteiger partial charge in [-0.3, -0.25) is 0 Å². The maximum atomic E-state index is 11.3. The molecule has 166 valence electrons. The largest absolute Gasteiger partial charge is 0.324 e. The van der Waals surface area contributed by atoms with Crippen molar-refractivity contribution in [1.29, 1.82) is 0 Å². The van der Waals surface area contributed by atoms with E-state index in [0.29, 0.717) is 0 Å². The summed E-state index contributed by atoms with van der Waals surface area (Å²) in [7, 11) is -0.0140. The van der Waals surface area contributed by atoms with Crippen LogP contribution in [-0.4, -0.2) is 43.4 Å². The highest BCUT2D eigenvalue weighted by atomic mass is 31.2. The maximum Gasteiger partial charge on any atom is 0.0819 e. The fourth-order valence-corrected chi connectivity index (χ4v) is 4.09. The van der Waals surface area contributed by atoms with Crippen molar-refractivity contribution >= 4 is 7.14 Å². The van der Waals surface area contributed by atoms with Crippen LogP contribution in [0.5, 0.6) is 0 Å². The summed E-state index contributed by atoms with van der Waals surface area (Å²) in [6, 6.07) is 0. The summed E-state index contributed by atoms with van der Waals surface area (Å²) < 4.78 is 11.3. The Hall–Kier alpha value is 0.150. The van der Waals surface area contributed by atoms with Crippen LogP contribution in [0.1, 0.15) is 117 Å². The van der Waals surface area contributed by atoms with Crippen LogP contribution in [0.2, 0.25) is 0 Å². The second kappa shape index (κ2) is 22.4. The van der Waals surface area contributed by atoms with Gasteiger partial charge in [-0.05, 0) is 26.2 Å². The van der Waals surface area contributed by atoms with Gasteiger partial charge in [0.25, 0.3) is 0 Å². The predicted molar refractivity (Wildman–Crippen MR) is 124 cm³/mol. The van der Waals surface area contributed by atoms with Gasteiger partial charge < -0.3 is 9.77 Å². The van der Waals surface area contributed by atoms with E-state index in [-0.39, 0.29) is 0 Å². The quantitative estimate of drug-likeness (QED) is 0.142. The molecule has 4 heteroatoms. The zero-order valence-corrected chi connectivity index (χ0v) is 20.4. The smallest absolute Gasteiger partial charge is 0.0819 e. The fourth-order valence-electron chi connectivity index (χ4n) is 3.10. The molecule has 0 saturated carbocycles. The molecular weight excluding hydrogens is 353 g/mol. The molecule has 0 atom stereocenters. The minimum absolute atomic E-state index is 0.815. The molecule has 0 saturated heterocycles. The average molecular weight is 406 g/mol. The summed E-state index contributed by atoms with van der Waals surface area (Å²) in [4.78, 5) is 0. The van der Waals surface area contributed by atoms with Crippen molar-refractivity contribution in [3.05, 3.63) is 0 Å². The molecule has 0 bridgehead atoms. The number of rotatable bonds is 18. The normalized spacial score (nSPS) is 11.5. The molecular formula is C23H52NO2P. The molecule has 0 aliphatic carbocycles. The van der Waals surface area contributed by atoms with Gasteiger partial charge in [0.15, 0.2) is 0 Å². The van der Waals surface area contributed by atoms with Gasteiger partial charge in [0, 0.05) is 19.8 Å². The molecule has 0 spiro atoms. The highest BCUT2D eigenvalue weighted by molar-refractivity contribution is 7.62. The van der Waals surface area contributed by atoms with Crippen molar-refractivity contribution in [1.82, 2.24) is 5.06 Å². The summed E-state index contributed by atoms with van der Waals surface area (Å²) in [5.74, 6) is 0. The van der Waals surface area contributed by atoms with E-state index in [9.17, 15) is 4.57 Å². The van der Waals surface area contributed by atoms with E-state index >= 15 is 0 Å². The second-order valence-electron chi connectivity index (χ2n) is 8.63. The molecule has 27 heavy (non-hydrogen) atoms. The Bertz CT molecular complexity index is 316. The minimum atomic E-state index is -1.73. The van der Waals surface area contributed by atoms with Gasteiger partial charge in [0.1, 0.15) is 0 Å². The number of hydrogen-bond donors (Lipinski definition) is 1. The number of nitrogens with zero attached hydrogens (tertiary/aromatic N) is 1. The molecule has 0 aromatic heterocycles. The van der Waals surface area contributed by atoms with Crippen LogP contribution in [0.15, 0.2) is 0 Å². The van der Waals surface area contributed by atoms with Crippen LogP contribution in [0.4, 0.5) is 0 Å². The van der Waals surface area contributed by atoms with Gasteiger partial charge in [-0.2, -0.15) is 5.06 Å². The first-order valence-corrected chi connectivity index (χ1v) is 14.6. The van der Waals surface area contributed by atoms with E-state index in [2.05, 4.69) is 13.8 Å². The zero-order valence-electron chi connectivity index (χ0n) is 19.5. The summed E-state index contributed by atoms with van der Waals surface area (Å²) >= 11 is 0. The van der Waals surface area contributed by atoms with Crippen molar-refractivity contribution < 1.29 is 9.77 Å². The lowest BCUT2D eigenvalue weighted by molar-refractivity contribution is -0.0655. The summed E-state index contributed by atoms with van der Waals surface area (Å²) in [6.45, 7) is 9.10. The molecule has 0 heterocycles. The third-order valence-corrected chi connectivity index (χ3v) is 6.28. The molecule has 0 aromatic carbocycles. The topological polar surface area (TPSA) is 40.5 Å². The van der Waals surface area contributed by atoms with Gasteiger partial charge >= 0.3 is 0 Å². The molecule has 1 N–H and O–H groups in total. The number of unbranched alkanes of at least 4 members (excludes halogenated alkanes) is 14. The van der Waals surface area contributed by atoms with E-state index in [1.54, 1.807) is 7.05 Å². The highest BCUT2D eigenvalue weighted by Gasteiger charge is 2.05. The fraction of sp³-hybridized carbons (Fsp3) is 1.00. The standard InChI is InChI=1S/C12H27NO.C11H25OP/c1-3-4-5-6-7-8-9-10-11-12-13(2)14;1-4-5-6-7-8-9-10-11-13(2,3)12/h14H,3-12H2,1-2H3;4-11H2,1-3H3. The Morgan fingerprint density at radius 3 is 1.30 bits per heavy atom. The molecule has 0 fully saturated rings. The molecule has 0 unspecified atom stereocenters. The van der Waals surface area contributed by atoms with Crippen LogP contribution < -0.4 is 0 Å². The SMILES string of the molecule is CCCCCCCCCCCN(C)O.CCCCCCCCCP(C)(C)=O. The lowest BCUT2D eigenvalue weighted by atomic mass is 10.1. The first-order valence-electron chi connectivity index (χ1n) is 11.8. The Balaban J connectivity index is 0. The Morgan fingerprint density at radius 2 is 0.963 bits per heavy atom. The van der Waals surface area contributed by atoms with Crippen molar-refractivity contribution in [2.45, 2.75) is 117 Å². The molecule has 0 aromatic rings. The summed E-state index contributed by atoms with van der Waals surface area (Å²) in [5, 5.41) is 10.2. The number of hydrogen-bond acceptors (Lipinski definition) is 3. The third kappa shape index (κ3) is 34.1. The first-order chi connectivity index (χ1) is 12.8. The van der Waals surface area contributed by atoms with Crippen LogP contribution in [-0.2, 0) is 4.57 Å². The van der Waals surface area contributed by atoms with Gasteiger partial charge in [-0.1, -0.05) is 104 Å².